The number of hydrogen-bond acceptors (Lipinski definition) is 4. The molecule has 1 amide bonds. The van der Waals surface area contributed by atoms with E-state index in [4.69, 9.17) is 16.2 Å². The molecule has 1 heterocycles. The summed E-state index contributed by atoms with van der Waals surface area (Å²) in [6.45, 7) is 1.89. The third-order valence-electron chi connectivity index (χ3n) is 2.69. The van der Waals surface area contributed by atoms with Crippen molar-refractivity contribution < 1.29 is 17.8 Å². The standard InChI is InChI=1S/C11H11ClN2O4S/c1-2-7-5-11(15)14(13-7)10-4-3-8(6-9(10)12)19(16,17)18/h3-4,6H,2,5H2,1H3,(H,16,17,18). The Bertz CT molecular complexity index is 669. The molecule has 1 aliphatic rings. The lowest BCUT2D eigenvalue weighted by Gasteiger charge is -2.13. The third kappa shape index (κ3) is 2.78. The minimum Gasteiger partial charge on any atom is -0.282 e. The van der Waals surface area contributed by atoms with E-state index in [-0.39, 0.29) is 22.2 Å². The summed E-state index contributed by atoms with van der Waals surface area (Å²) in [6, 6.07) is 3.59. The first-order chi connectivity index (χ1) is 8.82. The predicted molar refractivity (Wildman–Crippen MR) is 71.1 cm³/mol. The average molecular weight is 303 g/mol. The Balaban J connectivity index is 2.43. The number of nitrogens with zero attached hydrogens (tertiary/aromatic N) is 2. The van der Waals surface area contributed by atoms with Crippen molar-refractivity contribution in [3.05, 3.63) is 23.2 Å². The van der Waals surface area contributed by atoms with Gasteiger partial charge in [-0.15, -0.1) is 0 Å². The van der Waals surface area contributed by atoms with Gasteiger partial charge in [-0.25, -0.2) is 0 Å². The number of amides is 1. The van der Waals surface area contributed by atoms with E-state index in [0.29, 0.717) is 12.1 Å². The van der Waals surface area contributed by atoms with Gasteiger partial charge in [-0.2, -0.15) is 18.5 Å². The maximum atomic E-state index is 11.8. The highest BCUT2D eigenvalue weighted by molar-refractivity contribution is 7.85. The van der Waals surface area contributed by atoms with E-state index in [2.05, 4.69) is 5.10 Å². The first-order valence-corrected chi connectivity index (χ1v) is 7.31. The molecule has 0 fully saturated rings. The van der Waals surface area contributed by atoms with E-state index in [1.54, 1.807) is 0 Å². The Hall–Kier alpha value is -1.44. The van der Waals surface area contributed by atoms with Crippen LogP contribution in [-0.4, -0.2) is 24.6 Å². The van der Waals surface area contributed by atoms with Crippen molar-refractivity contribution in [3.63, 3.8) is 0 Å². The number of halogens is 1. The SMILES string of the molecule is CCC1=NN(c2ccc(S(=O)(=O)O)cc2Cl)C(=O)C1. The van der Waals surface area contributed by atoms with Crippen LogP contribution in [0, 0.1) is 0 Å². The minimum absolute atomic E-state index is 0.0320. The quantitative estimate of drug-likeness (QED) is 0.866. The fraction of sp³-hybridized carbons (Fsp3) is 0.273. The van der Waals surface area contributed by atoms with Crippen LogP contribution in [0.4, 0.5) is 5.69 Å². The zero-order valence-corrected chi connectivity index (χ0v) is 11.6. The van der Waals surface area contributed by atoms with Crippen LogP contribution >= 0.6 is 11.6 Å². The van der Waals surface area contributed by atoms with Gasteiger partial charge in [0.25, 0.3) is 16.0 Å². The lowest BCUT2D eigenvalue weighted by molar-refractivity contribution is -0.116. The molecule has 0 bridgehead atoms. The summed E-state index contributed by atoms with van der Waals surface area (Å²) >= 11 is 5.93. The van der Waals surface area contributed by atoms with E-state index in [1.807, 2.05) is 6.92 Å². The lowest BCUT2D eigenvalue weighted by Crippen LogP contribution is -2.20. The first-order valence-electron chi connectivity index (χ1n) is 5.49. The summed E-state index contributed by atoms with van der Waals surface area (Å²) in [7, 11) is -4.32. The summed E-state index contributed by atoms with van der Waals surface area (Å²) in [5, 5.41) is 5.29. The number of carbonyl (C=O) groups is 1. The second-order valence-electron chi connectivity index (χ2n) is 3.99. The summed E-state index contributed by atoms with van der Waals surface area (Å²) < 4.78 is 30.8. The number of benzene rings is 1. The largest absolute Gasteiger partial charge is 0.294 e. The highest BCUT2D eigenvalue weighted by atomic mass is 35.5. The number of carbonyl (C=O) groups excluding carboxylic acids is 1. The molecule has 1 aromatic carbocycles. The third-order valence-corrected chi connectivity index (χ3v) is 3.84. The van der Waals surface area contributed by atoms with Gasteiger partial charge in [-0.05, 0) is 24.6 Å². The van der Waals surface area contributed by atoms with Crippen LogP contribution in [0.1, 0.15) is 19.8 Å². The summed E-state index contributed by atoms with van der Waals surface area (Å²) in [5.74, 6) is -0.224. The van der Waals surface area contributed by atoms with Crippen LogP contribution in [0.3, 0.4) is 0 Å². The van der Waals surface area contributed by atoms with E-state index in [9.17, 15) is 13.2 Å². The van der Waals surface area contributed by atoms with Gasteiger partial charge < -0.3 is 0 Å². The van der Waals surface area contributed by atoms with Crippen LogP contribution in [0.5, 0.6) is 0 Å². The molecule has 8 heteroatoms. The fourth-order valence-electron chi connectivity index (χ4n) is 1.69. The topological polar surface area (TPSA) is 87.0 Å². The maximum Gasteiger partial charge on any atom is 0.294 e. The molecule has 0 saturated carbocycles. The van der Waals surface area contributed by atoms with E-state index < -0.39 is 10.1 Å². The second kappa shape index (κ2) is 4.92. The molecule has 6 nitrogen and oxygen atoms in total. The van der Waals surface area contributed by atoms with Gasteiger partial charge >= 0.3 is 0 Å². The van der Waals surface area contributed by atoms with E-state index in [1.165, 1.54) is 12.1 Å². The van der Waals surface area contributed by atoms with Gasteiger partial charge in [0.15, 0.2) is 0 Å². The van der Waals surface area contributed by atoms with Gasteiger partial charge in [0.2, 0.25) is 0 Å². The van der Waals surface area contributed by atoms with Crippen molar-refractivity contribution in [2.75, 3.05) is 5.01 Å². The molecule has 1 aliphatic heterocycles. The van der Waals surface area contributed by atoms with Gasteiger partial charge in [0.05, 0.1) is 22.0 Å². The van der Waals surface area contributed by atoms with Crippen LogP contribution in [0.25, 0.3) is 0 Å². The van der Waals surface area contributed by atoms with Crippen molar-refractivity contribution in [1.82, 2.24) is 0 Å². The number of hydrogen-bond donors (Lipinski definition) is 1. The lowest BCUT2D eigenvalue weighted by atomic mass is 10.2. The van der Waals surface area contributed by atoms with Crippen LogP contribution < -0.4 is 5.01 Å². The number of rotatable bonds is 3. The molecule has 0 atom stereocenters. The fourth-order valence-corrected chi connectivity index (χ4v) is 2.52. The van der Waals surface area contributed by atoms with E-state index in [0.717, 1.165) is 16.8 Å². The van der Waals surface area contributed by atoms with Crippen molar-refractivity contribution in [2.24, 2.45) is 5.10 Å². The summed E-state index contributed by atoms with van der Waals surface area (Å²) in [5.41, 5.74) is 1.03. The molecular weight excluding hydrogens is 292 g/mol. The minimum atomic E-state index is -4.32. The summed E-state index contributed by atoms with van der Waals surface area (Å²) in [4.78, 5) is 11.4. The van der Waals surface area contributed by atoms with E-state index >= 15 is 0 Å². The summed E-state index contributed by atoms with van der Waals surface area (Å²) in [6.07, 6.45) is 0.885. The Labute approximate surface area is 115 Å². The monoisotopic (exact) mass is 302 g/mol. The molecule has 0 aromatic heterocycles. The molecule has 0 spiro atoms. The smallest absolute Gasteiger partial charge is 0.282 e. The Morgan fingerprint density at radius 2 is 2.16 bits per heavy atom. The Morgan fingerprint density at radius 1 is 1.47 bits per heavy atom. The van der Waals surface area contributed by atoms with Gasteiger partial charge in [0.1, 0.15) is 0 Å². The molecule has 1 aromatic rings. The average Bonchev–Trinajstić information content (AvgIpc) is 2.69. The molecule has 0 aliphatic carbocycles. The normalized spacial score (nSPS) is 15.8. The Morgan fingerprint density at radius 3 is 2.63 bits per heavy atom. The van der Waals surface area contributed by atoms with Gasteiger partial charge in [-0.1, -0.05) is 18.5 Å². The Kier molecular flexibility index (Phi) is 3.62. The molecule has 0 radical (unpaired) electrons. The van der Waals surface area contributed by atoms with Crippen LogP contribution in [0.2, 0.25) is 5.02 Å². The molecule has 0 unspecified atom stereocenters. The van der Waals surface area contributed by atoms with Crippen LogP contribution in [0.15, 0.2) is 28.2 Å². The van der Waals surface area contributed by atoms with Crippen molar-refractivity contribution >= 4 is 39.0 Å². The highest BCUT2D eigenvalue weighted by Gasteiger charge is 2.26. The molecule has 19 heavy (non-hydrogen) atoms. The van der Waals surface area contributed by atoms with Crippen molar-refractivity contribution in [3.8, 4) is 0 Å². The molecule has 1 N–H and O–H groups in total. The molecule has 0 saturated heterocycles. The van der Waals surface area contributed by atoms with Crippen LogP contribution in [-0.2, 0) is 14.9 Å². The first kappa shape index (κ1) is 14.0. The second-order valence-corrected chi connectivity index (χ2v) is 5.82. The maximum absolute atomic E-state index is 11.8. The van der Waals surface area contributed by atoms with Crippen molar-refractivity contribution in [1.29, 1.82) is 0 Å². The number of anilines is 1. The predicted octanol–water partition coefficient (Wildman–Crippen LogP) is 2.09. The molecular formula is C11H11ClN2O4S. The highest BCUT2D eigenvalue weighted by Crippen LogP contribution is 2.31. The van der Waals surface area contributed by atoms with Gasteiger partial charge in [0, 0.05) is 5.71 Å². The zero-order valence-electron chi connectivity index (χ0n) is 10.00. The molecule has 102 valence electrons. The van der Waals surface area contributed by atoms with Gasteiger partial charge in [-0.3, -0.25) is 9.35 Å². The number of hydrazone groups is 1. The molecule has 2 rings (SSSR count). The van der Waals surface area contributed by atoms with Crippen molar-refractivity contribution in [2.45, 2.75) is 24.7 Å². The zero-order chi connectivity index (χ0) is 14.2.